The van der Waals surface area contributed by atoms with Crippen LogP contribution in [0, 0.1) is 11.6 Å². The maximum absolute atomic E-state index is 15.4. The highest BCUT2D eigenvalue weighted by atomic mass is 32.2. The zero-order valence-corrected chi connectivity index (χ0v) is 25.4. The lowest BCUT2D eigenvalue weighted by molar-refractivity contribution is -0.151. The summed E-state index contributed by atoms with van der Waals surface area (Å²) in [5, 5.41) is 14.2. The number of aromatic nitrogens is 1. The number of hydrogen-bond acceptors (Lipinski definition) is 12. The minimum atomic E-state index is -1.45. The molecule has 1 N–H and O–H groups in total. The molecule has 0 bridgehead atoms. The third kappa shape index (κ3) is 6.06. The molecule has 1 amide bonds. The van der Waals surface area contributed by atoms with Crippen molar-refractivity contribution in [3.8, 4) is 5.75 Å². The number of pyridine rings is 1. The van der Waals surface area contributed by atoms with Gasteiger partial charge in [-0.1, -0.05) is 29.4 Å². The number of carbonyl (C=O) groups is 4. The summed E-state index contributed by atoms with van der Waals surface area (Å²) in [6.07, 6.45) is -1.38. The smallest absolute Gasteiger partial charge is 0.481 e. The molecule has 3 aromatic rings. The van der Waals surface area contributed by atoms with Gasteiger partial charge in [-0.25, -0.2) is 18.4 Å². The van der Waals surface area contributed by atoms with Gasteiger partial charge < -0.3 is 33.8 Å². The van der Waals surface area contributed by atoms with Crippen LogP contribution in [0.3, 0.4) is 0 Å². The normalized spacial score (nSPS) is 18.6. The number of morpholine rings is 1. The average Bonchev–Trinajstić information content (AvgIpc) is 3.23. The lowest BCUT2D eigenvalue weighted by Gasteiger charge is -2.51. The van der Waals surface area contributed by atoms with Crippen molar-refractivity contribution in [3.63, 3.8) is 0 Å². The summed E-state index contributed by atoms with van der Waals surface area (Å²) >= 11 is 1.34. The summed E-state index contributed by atoms with van der Waals surface area (Å²) in [5.74, 6) is -5.33. The van der Waals surface area contributed by atoms with E-state index in [1.807, 2.05) is 24.3 Å². The largest absolute Gasteiger partial charge is 0.510 e. The summed E-state index contributed by atoms with van der Waals surface area (Å²) in [6.45, 7) is -0.363. The molecule has 1 aromatic heterocycles. The number of hydrogen-bond donors (Lipinski definition) is 1. The predicted octanol–water partition coefficient (Wildman–Crippen LogP) is 2.86. The molecular formula is C30H26F2N4O10S. The Hall–Kier alpha value is -5.16. The van der Waals surface area contributed by atoms with Crippen molar-refractivity contribution in [2.45, 2.75) is 29.3 Å². The number of halogens is 2. The van der Waals surface area contributed by atoms with Crippen molar-refractivity contribution in [2.75, 3.05) is 38.7 Å². The number of amides is 1. The molecule has 2 atom stereocenters. The van der Waals surface area contributed by atoms with E-state index in [2.05, 4.69) is 9.89 Å². The molecule has 0 unspecified atom stereocenters. The molecule has 0 spiro atoms. The van der Waals surface area contributed by atoms with E-state index in [0.717, 1.165) is 23.6 Å². The first-order valence-corrected chi connectivity index (χ1v) is 15.1. The van der Waals surface area contributed by atoms with Gasteiger partial charge in [-0.05, 0) is 29.3 Å². The van der Waals surface area contributed by atoms with Gasteiger partial charge >= 0.3 is 18.1 Å². The van der Waals surface area contributed by atoms with Crippen LogP contribution in [-0.4, -0.2) is 78.5 Å². The summed E-state index contributed by atoms with van der Waals surface area (Å²) in [7, 11) is 1.08. The molecule has 1 fully saturated rings. The first-order valence-electron chi connectivity index (χ1n) is 14.1. The van der Waals surface area contributed by atoms with Crippen LogP contribution in [0.5, 0.6) is 5.75 Å². The maximum atomic E-state index is 15.4. The monoisotopic (exact) mass is 672 g/mol. The first kappa shape index (κ1) is 31.8. The SMILES string of the molecule is COC(=O)OCOc1c2n(cc/c1=N\OC(=O)CC(=O)O)N([C@@H]1c3ccccc3SCc3c1ccc(F)c3F)[C@@H]1COCCN1C2=O. The molecule has 0 saturated carbocycles. The Kier molecular flexibility index (Phi) is 8.99. The summed E-state index contributed by atoms with van der Waals surface area (Å²) in [5.41, 5.74) is 1.20. The Bertz CT molecular complexity index is 1840. The Morgan fingerprint density at radius 2 is 1.94 bits per heavy atom. The minimum Gasteiger partial charge on any atom is -0.481 e. The molecule has 2 aromatic carbocycles. The van der Waals surface area contributed by atoms with Gasteiger partial charge in [-0.15, -0.1) is 11.8 Å². The topological polar surface area (TPSA) is 158 Å². The van der Waals surface area contributed by atoms with Gasteiger partial charge in [0, 0.05) is 29.0 Å². The standard InChI is InChI=1S/C30H26F2N4O10S/c1-42-30(41)45-15-44-28-20(33-46-24(39)12-23(37)38)8-9-35-27(28)29(40)34-10-11-43-13-22(34)36(35)26-16-6-7-19(31)25(32)18(16)14-47-21-5-3-2-4-17(21)26/h2-9,22,26H,10-15H2,1H3,(H,37,38)/b33-20+/t22-,26+/m1/s1. The van der Waals surface area contributed by atoms with Gasteiger partial charge in [-0.3, -0.25) is 19.3 Å². The first-order chi connectivity index (χ1) is 22.7. The van der Waals surface area contributed by atoms with Crippen molar-refractivity contribution < 1.29 is 56.9 Å². The zero-order valence-electron chi connectivity index (χ0n) is 24.6. The molecule has 3 aliphatic rings. The second-order valence-electron chi connectivity index (χ2n) is 10.3. The molecule has 17 heteroatoms. The fourth-order valence-corrected chi connectivity index (χ4v) is 6.76. The Labute approximate surface area is 269 Å². The highest BCUT2D eigenvalue weighted by Gasteiger charge is 2.46. The lowest BCUT2D eigenvalue weighted by atomic mass is 9.93. The number of nitrogens with zero attached hydrogens (tertiary/aromatic N) is 4. The summed E-state index contributed by atoms with van der Waals surface area (Å²) in [4.78, 5) is 56.0. The van der Waals surface area contributed by atoms with Gasteiger partial charge in [0.15, 0.2) is 23.1 Å². The van der Waals surface area contributed by atoms with Crippen molar-refractivity contribution in [1.82, 2.24) is 9.58 Å². The molecule has 14 nitrogen and oxygen atoms in total. The number of carboxylic acid groups (broad SMARTS) is 1. The van der Waals surface area contributed by atoms with Crippen LogP contribution in [0.4, 0.5) is 13.6 Å². The number of carbonyl (C=O) groups excluding carboxylic acids is 3. The molecule has 6 rings (SSSR count). The number of aliphatic carboxylic acids is 1. The van der Waals surface area contributed by atoms with Gasteiger partial charge in [0.25, 0.3) is 5.91 Å². The van der Waals surface area contributed by atoms with E-state index in [4.69, 9.17) is 24.2 Å². The zero-order chi connectivity index (χ0) is 33.2. The van der Waals surface area contributed by atoms with E-state index in [9.17, 15) is 23.6 Å². The second-order valence-corrected chi connectivity index (χ2v) is 11.3. The van der Waals surface area contributed by atoms with Crippen LogP contribution >= 0.6 is 11.8 Å². The number of rotatable bonds is 7. The van der Waals surface area contributed by atoms with Crippen LogP contribution in [0.15, 0.2) is 58.7 Å². The van der Waals surface area contributed by atoms with Crippen LogP contribution in [-0.2, 0) is 34.4 Å². The number of carboxylic acids is 1. The highest BCUT2D eigenvalue weighted by Crippen LogP contribution is 2.45. The van der Waals surface area contributed by atoms with E-state index in [1.54, 1.807) is 5.01 Å². The second kappa shape index (κ2) is 13.3. The molecule has 3 aliphatic heterocycles. The average molecular weight is 673 g/mol. The quantitative estimate of drug-likeness (QED) is 0.129. The Balaban J connectivity index is 1.58. The van der Waals surface area contributed by atoms with Gasteiger partial charge in [-0.2, -0.15) is 0 Å². The fourth-order valence-electron chi connectivity index (χ4n) is 5.64. The van der Waals surface area contributed by atoms with Gasteiger partial charge in [0.2, 0.25) is 6.79 Å². The van der Waals surface area contributed by atoms with Crippen molar-refractivity contribution in [1.29, 1.82) is 0 Å². The van der Waals surface area contributed by atoms with Crippen molar-refractivity contribution >= 4 is 35.8 Å². The number of thioether (sulfide) groups is 1. The molecule has 0 radical (unpaired) electrons. The van der Waals surface area contributed by atoms with E-state index in [1.165, 1.54) is 39.7 Å². The highest BCUT2D eigenvalue weighted by molar-refractivity contribution is 7.98. The third-order valence-electron chi connectivity index (χ3n) is 7.64. The fraction of sp³-hybridized carbons (Fsp3) is 0.300. The Morgan fingerprint density at radius 3 is 2.72 bits per heavy atom. The molecule has 246 valence electrons. The van der Waals surface area contributed by atoms with Crippen LogP contribution in [0.2, 0.25) is 0 Å². The number of methoxy groups -OCH3 is 1. The molecule has 47 heavy (non-hydrogen) atoms. The van der Waals surface area contributed by atoms with Crippen molar-refractivity contribution in [3.05, 3.63) is 88.0 Å². The van der Waals surface area contributed by atoms with Gasteiger partial charge in [0.1, 0.15) is 17.9 Å². The van der Waals surface area contributed by atoms with Crippen LogP contribution < -0.4 is 15.1 Å². The van der Waals surface area contributed by atoms with Crippen molar-refractivity contribution in [2.24, 2.45) is 5.16 Å². The van der Waals surface area contributed by atoms with E-state index < -0.39 is 61.1 Å². The third-order valence-corrected chi connectivity index (χ3v) is 8.75. The predicted molar refractivity (Wildman–Crippen MR) is 155 cm³/mol. The van der Waals surface area contributed by atoms with Crippen LogP contribution in [0.1, 0.15) is 39.6 Å². The maximum Gasteiger partial charge on any atom is 0.510 e. The van der Waals surface area contributed by atoms with E-state index in [-0.39, 0.29) is 47.9 Å². The summed E-state index contributed by atoms with van der Waals surface area (Å²) < 4.78 is 52.4. The molecule has 0 aliphatic carbocycles. The van der Waals surface area contributed by atoms with Gasteiger partial charge in [0.05, 0.1) is 26.4 Å². The van der Waals surface area contributed by atoms with Crippen LogP contribution in [0.25, 0.3) is 0 Å². The number of ether oxygens (including phenoxy) is 4. The number of fused-ring (bicyclic) bond motifs is 4. The van der Waals surface area contributed by atoms with E-state index >= 15 is 4.39 Å². The molecule has 4 heterocycles. The summed E-state index contributed by atoms with van der Waals surface area (Å²) in [6, 6.07) is 10.5. The minimum absolute atomic E-state index is 0.0591. The molecular weight excluding hydrogens is 646 g/mol. The molecule has 1 saturated heterocycles. The van der Waals surface area contributed by atoms with E-state index in [0.29, 0.717) is 5.56 Å². The number of benzene rings is 2. The lowest BCUT2D eigenvalue weighted by Crippen LogP contribution is -2.66. The Morgan fingerprint density at radius 1 is 1.13 bits per heavy atom.